The Morgan fingerprint density at radius 1 is 1.17 bits per heavy atom. The molecule has 1 N–H and O–H groups in total. The molecule has 0 bridgehead atoms. The zero-order chi connectivity index (χ0) is 16.7. The highest BCUT2D eigenvalue weighted by molar-refractivity contribution is 5.79. The van der Waals surface area contributed by atoms with Crippen LogP contribution >= 0.6 is 0 Å². The number of likely N-dealkylation sites (tertiary alicyclic amines) is 1. The number of aromatic nitrogens is 2. The molecule has 126 valence electrons. The maximum Gasteiger partial charge on any atom is 0.227 e. The first-order valence-corrected chi connectivity index (χ1v) is 8.72. The zero-order valence-electron chi connectivity index (χ0n) is 14.3. The second-order valence-corrected chi connectivity index (χ2v) is 7.05. The van der Waals surface area contributed by atoms with Gasteiger partial charge in [-0.25, -0.2) is 4.68 Å². The van der Waals surface area contributed by atoms with Crippen LogP contribution in [0, 0.1) is 25.7 Å². The molecule has 3 heterocycles. The summed E-state index contributed by atoms with van der Waals surface area (Å²) in [7, 11) is 0. The minimum atomic E-state index is 0.239. The van der Waals surface area contributed by atoms with Crippen LogP contribution in [0.4, 0.5) is 0 Å². The van der Waals surface area contributed by atoms with Crippen molar-refractivity contribution >= 4 is 5.91 Å². The van der Waals surface area contributed by atoms with Crippen molar-refractivity contribution in [3.05, 3.63) is 47.3 Å². The SMILES string of the molecule is Cc1nn(-c2ccccc2)c(C)c1CC(=O)N1C[C@H]2CNC[C@H]2C1. The number of carbonyl (C=O) groups is 1. The van der Waals surface area contributed by atoms with E-state index in [9.17, 15) is 4.79 Å². The number of hydrogen-bond donors (Lipinski definition) is 1. The summed E-state index contributed by atoms with van der Waals surface area (Å²) in [4.78, 5) is 14.8. The third-order valence-electron chi connectivity index (χ3n) is 5.51. The van der Waals surface area contributed by atoms with Gasteiger partial charge in [-0.2, -0.15) is 5.10 Å². The Kier molecular flexibility index (Phi) is 3.88. The number of amides is 1. The highest BCUT2D eigenvalue weighted by Gasteiger charge is 2.38. The molecule has 5 nitrogen and oxygen atoms in total. The van der Waals surface area contributed by atoms with Crippen molar-refractivity contribution in [2.45, 2.75) is 20.3 Å². The molecular formula is C19H24N4O. The van der Waals surface area contributed by atoms with Gasteiger partial charge in [-0.05, 0) is 37.8 Å². The molecule has 2 saturated heterocycles. The van der Waals surface area contributed by atoms with E-state index >= 15 is 0 Å². The maximum absolute atomic E-state index is 12.8. The normalized spacial score (nSPS) is 22.8. The molecule has 1 aromatic carbocycles. The van der Waals surface area contributed by atoms with E-state index in [0.717, 1.165) is 48.8 Å². The Hall–Kier alpha value is -2.14. The molecule has 2 aliphatic heterocycles. The van der Waals surface area contributed by atoms with Gasteiger partial charge in [0.25, 0.3) is 0 Å². The van der Waals surface area contributed by atoms with E-state index in [4.69, 9.17) is 0 Å². The number of fused-ring (bicyclic) bond motifs is 1. The summed E-state index contributed by atoms with van der Waals surface area (Å²) in [5, 5.41) is 8.08. The largest absolute Gasteiger partial charge is 0.342 e. The first kappa shape index (κ1) is 15.4. The second kappa shape index (κ2) is 6.06. The lowest BCUT2D eigenvalue weighted by Gasteiger charge is -2.17. The van der Waals surface area contributed by atoms with Crippen LogP contribution in [0.5, 0.6) is 0 Å². The van der Waals surface area contributed by atoms with Crippen molar-refractivity contribution < 1.29 is 4.79 Å². The van der Waals surface area contributed by atoms with E-state index in [1.807, 2.05) is 41.9 Å². The molecule has 5 heteroatoms. The highest BCUT2D eigenvalue weighted by Crippen LogP contribution is 2.27. The second-order valence-electron chi connectivity index (χ2n) is 7.05. The van der Waals surface area contributed by atoms with E-state index in [1.54, 1.807) is 0 Å². The molecule has 1 amide bonds. The Labute approximate surface area is 142 Å². The lowest BCUT2D eigenvalue weighted by molar-refractivity contribution is -0.129. The van der Waals surface area contributed by atoms with Crippen molar-refractivity contribution in [1.82, 2.24) is 20.0 Å². The fraction of sp³-hybridized carbons (Fsp3) is 0.474. The van der Waals surface area contributed by atoms with Gasteiger partial charge in [-0.3, -0.25) is 4.79 Å². The predicted molar refractivity (Wildman–Crippen MR) is 93.2 cm³/mol. The van der Waals surface area contributed by atoms with Gasteiger partial charge in [-0.1, -0.05) is 18.2 Å². The summed E-state index contributed by atoms with van der Waals surface area (Å²) in [6.07, 6.45) is 0.456. The highest BCUT2D eigenvalue weighted by atomic mass is 16.2. The van der Waals surface area contributed by atoms with Crippen LogP contribution in [0.1, 0.15) is 17.0 Å². The number of rotatable bonds is 3. The van der Waals surface area contributed by atoms with E-state index in [0.29, 0.717) is 18.3 Å². The number of aryl methyl sites for hydroxylation is 1. The molecule has 0 aliphatic carbocycles. The van der Waals surface area contributed by atoms with Crippen molar-refractivity contribution in [3.63, 3.8) is 0 Å². The third kappa shape index (κ3) is 2.63. The number of hydrogen-bond acceptors (Lipinski definition) is 3. The fourth-order valence-corrected chi connectivity index (χ4v) is 4.07. The van der Waals surface area contributed by atoms with Crippen LogP contribution in [-0.2, 0) is 11.2 Å². The Morgan fingerprint density at radius 3 is 2.50 bits per heavy atom. The van der Waals surface area contributed by atoms with Crippen LogP contribution in [0.25, 0.3) is 5.69 Å². The molecule has 0 spiro atoms. The van der Waals surface area contributed by atoms with Crippen LogP contribution in [0.15, 0.2) is 30.3 Å². The minimum Gasteiger partial charge on any atom is -0.342 e. The fourth-order valence-electron chi connectivity index (χ4n) is 4.07. The van der Waals surface area contributed by atoms with E-state index in [-0.39, 0.29) is 5.91 Å². The molecule has 0 saturated carbocycles. The molecule has 2 aromatic rings. The van der Waals surface area contributed by atoms with Crippen LogP contribution in [0.3, 0.4) is 0 Å². The average molecular weight is 324 g/mol. The van der Waals surface area contributed by atoms with Gasteiger partial charge < -0.3 is 10.2 Å². The maximum atomic E-state index is 12.8. The number of nitrogens with one attached hydrogen (secondary N) is 1. The molecule has 0 unspecified atom stereocenters. The Bertz CT molecular complexity index is 740. The van der Waals surface area contributed by atoms with Gasteiger partial charge in [0.05, 0.1) is 17.8 Å². The standard InChI is InChI=1S/C19H24N4O/c1-13-18(14(2)23(21-13)17-6-4-3-5-7-17)8-19(24)22-11-15-9-20-10-16(15)12-22/h3-7,15-16,20H,8-12H2,1-2H3/t15-,16+. The molecule has 2 atom stereocenters. The van der Waals surface area contributed by atoms with Crippen molar-refractivity contribution in [2.24, 2.45) is 11.8 Å². The molecular weight excluding hydrogens is 300 g/mol. The van der Waals surface area contributed by atoms with Crippen molar-refractivity contribution in [3.8, 4) is 5.69 Å². The number of para-hydroxylation sites is 1. The first-order valence-electron chi connectivity index (χ1n) is 8.72. The zero-order valence-corrected chi connectivity index (χ0v) is 14.3. The summed E-state index contributed by atoms with van der Waals surface area (Å²) >= 11 is 0. The summed E-state index contributed by atoms with van der Waals surface area (Å²) in [6.45, 7) is 7.97. The molecule has 2 fully saturated rings. The quantitative estimate of drug-likeness (QED) is 0.935. The van der Waals surface area contributed by atoms with Crippen molar-refractivity contribution in [2.75, 3.05) is 26.2 Å². The van der Waals surface area contributed by atoms with Gasteiger partial charge in [0.15, 0.2) is 0 Å². The van der Waals surface area contributed by atoms with Crippen LogP contribution < -0.4 is 5.32 Å². The van der Waals surface area contributed by atoms with Gasteiger partial charge in [0.2, 0.25) is 5.91 Å². The van der Waals surface area contributed by atoms with E-state index in [1.165, 1.54) is 0 Å². The number of nitrogens with zero attached hydrogens (tertiary/aromatic N) is 3. The summed E-state index contributed by atoms with van der Waals surface area (Å²) in [5.74, 6) is 1.52. The Balaban J connectivity index is 1.53. The smallest absolute Gasteiger partial charge is 0.227 e. The van der Waals surface area contributed by atoms with Crippen LogP contribution in [0.2, 0.25) is 0 Å². The summed E-state index contributed by atoms with van der Waals surface area (Å²) < 4.78 is 1.95. The minimum absolute atomic E-state index is 0.239. The van der Waals surface area contributed by atoms with E-state index in [2.05, 4.69) is 22.2 Å². The van der Waals surface area contributed by atoms with Gasteiger partial charge >= 0.3 is 0 Å². The van der Waals surface area contributed by atoms with Crippen LogP contribution in [-0.4, -0.2) is 46.8 Å². The predicted octanol–water partition coefficient (Wildman–Crippen LogP) is 1.71. The molecule has 4 rings (SSSR count). The lowest BCUT2D eigenvalue weighted by atomic mass is 10.0. The topological polar surface area (TPSA) is 50.2 Å². The van der Waals surface area contributed by atoms with Crippen molar-refractivity contribution in [1.29, 1.82) is 0 Å². The third-order valence-corrected chi connectivity index (χ3v) is 5.51. The Morgan fingerprint density at radius 2 is 1.83 bits per heavy atom. The van der Waals surface area contributed by atoms with Gasteiger partial charge in [-0.15, -0.1) is 0 Å². The van der Waals surface area contributed by atoms with E-state index < -0.39 is 0 Å². The molecule has 24 heavy (non-hydrogen) atoms. The summed E-state index contributed by atoms with van der Waals surface area (Å²) in [5.41, 5.74) is 4.12. The average Bonchev–Trinajstić information content (AvgIpc) is 3.25. The first-order chi connectivity index (χ1) is 11.6. The summed E-state index contributed by atoms with van der Waals surface area (Å²) in [6, 6.07) is 10.1. The van der Waals surface area contributed by atoms with Gasteiger partial charge in [0.1, 0.15) is 0 Å². The lowest BCUT2D eigenvalue weighted by Crippen LogP contribution is -2.33. The monoisotopic (exact) mass is 324 g/mol. The molecule has 2 aliphatic rings. The number of carbonyl (C=O) groups excluding carboxylic acids is 1. The number of benzene rings is 1. The molecule has 1 aromatic heterocycles. The van der Waals surface area contributed by atoms with Gasteiger partial charge in [0, 0.05) is 37.4 Å². The molecule has 0 radical (unpaired) electrons.